The van der Waals surface area contributed by atoms with Gasteiger partial charge >= 0.3 is 5.97 Å². The molecule has 0 fully saturated rings. The summed E-state index contributed by atoms with van der Waals surface area (Å²) in [4.78, 5) is 12.0. The molecule has 17 heavy (non-hydrogen) atoms. The summed E-state index contributed by atoms with van der Waals surface area (Å²) in [7, 11) is 1.38. The maximum atomic E-state index is 11.0. The minimum Gasteiger partial charge on any atom is -0.469 e. The Morgan fingerprint density at radius 1 is 1.59 bits per heavy atom. The minimum absolute atomic E-state index is 0.215. The highest BCUT2D eigenvalue weighted by Gasteiger charge is 2.10. The molecule has 1 rings (SSSR count). The third kappa shape index (κ3) is 4.69. The molecule has 1 aromatic rings. The molecule has 1 aromatic carbocycles. The van der Waals surface area contributed by atoms with Crippen LogP contribution in [0.25, 0.3) is 0 Å². The van der Waals surface area contributed by atoms with Gasteiger partial charge in [0.15, 0.2) is 0 Å². The highest BCUT2D eigenvalue weighted by Crippen LogP contribution is 2.30. The molecule has 0 aliphatic rings. The lowest BCUT2D eigenvalue weighted by Gasteiger charge is -2.11. The number of methoxy groups -OCH3 is 1. The molecule has 0 aliphatic heterocycles. The summed E-state index contributed by atoms with van der Waals surface area (Å²) in [5.41, 5.74) is 0.870. The topological polar surface area (TPSA) is 46.5 Å². The van der Waals surface area contributed by atoms with Crippen LogP contribution in [0.2, 0.25) is 0 Å². The van der Waals surface area contributed by atoms with Gasteiger partial charge in [-0.05, 0) is 30.7 Å². The maximum absolute atomic E-state index is 11.0. The van der Waals surface area contributed by atoms with Gasteiger partial charge in [0.1, 0.15) is 0 Å². The first-order valence-corrected chi connectivity index (χ1v) is 6.99. The monoisotopic (exact) mass is 318 g/mol. The van der Waals surface area contributed by atoms with E-state index in [2.05, 4.69) is 20.7 Å². The van der Waals surface area contributed by atoms with Gasteiger partial charge in [0.2, 0.25) is 0 Å². The number of ether oxygens (including phenoxy) is 1. The van der Waals surface area contributed by atoms with E-state index >= 15 is 0 Å². The summed E-state index contributed by atoms with van der Waals surface area (Å²) >= 11 is 4.92. The van der Waals surface area contributed by atoms with E-state index in [4.69, 9.17) is 0 Å². The Bertz CT molecular complexity index is 393. The molecule has 0 aliphatic carbocycles. The van der Waals surface area contributed by atoms with Crippen LogP contribution in [0, 0.1) is 0 Å². The van der Waals surface area contributed by atoms with E-state index in [9.17, 15) is 9.90 Å². The van der Waals surface area contributed by atoms with Crippen molar-refractivity contribution in [2.45, 2.75) is 24.3 Å². The molecule has 94 valence electrons. The van der Waals surface area contributed by atoms with Crippen LogP contribution in [-0.2, 0) is 9.53 Å². The van der Waals surface area contributed by atoms with Gasteiger partial charge in [0.05, 0.1) is 19.6 Å². The van der Waals surface area contributed by atoms with Crippen LogP contribution in [0.15, 0.2) is 27.6 Å². The summed E-state index contributed by atoms with van der Waals surface area (Å²) < 4.78 is 5.51. The van der Waals surface area contributed by atoms with Gasteiger partial charge in [-0.25, -0.2) is 0 Å². The van der Waals surface area contributed by atoms with Crippen LogP contribution in [0.4, 0.5) is 0 Å². The summed E-state index contributed by atoms with van der Waals surface area (Å²) in [6.45, 7) is 1.73. The lowest BCUT2D eigenvalue weighted by molar-refractivity contribution is -0.140. The number of carbonyl (C=O) groups is 1. The van der Waals surface area contributed by atoms with Gasteiger partial charge < -0.3 is 9.84 Å². The molecule has 0 radical (unpaired) electrons. The van der Waals surface area contributed by atoms with Crippen LogP contribution in [0.1, 0.15) is 25.0 Å². The van der Waals surface area contributed by atoms with E-state index in [1.54, 1.807) is 18.7 Å². The lowest BCUT2D eigenvalue weighted by atomic mass is 10.1. The number of benzene rings is 1. The number of thioether (sulfide) groups is 1. The highest BCUT2D eigenvalue weighted by molar-refractivity contribution is 9.10. The molecule has 0 heterocycles. The molecule has 1 unspecified atom stereocenters. The third-order valence-electron chi connectivity index (χ3n) is 2.21. The number of hydrogen-bond donors (Lipinski definition) is 1. The van der Waals surface area contributed by atoms with Crippen molar-refractivity contribution < 1.29 is 14.6 Å². The van der Waals surface area contributed by atoms with Crippen molar-refractivity contribution in [1.82, 2.24) is 0 Å². The zero-order chi connectivity index (χ0) is 12.8. The Morgan fingerprint density at radius 2 is 2.29 bits per heavy atom. The third-order valence-corrected chi connectivity index (χ3v) is 3.80. The number of rotatable bonds is 5. The average Bonchev–Trinajstić information content (AvgIpc) is 2.30. The molecular weight excluding hydrogens is 304 g/mol. The Morgan fingerprint density at radius 3 is 2.88 bits per heavy atom. The predicted octanol–water partition coefficient (Wildman–Crippen LogP) is 3.16. The Kier molecular flexibility index (Phi) is 6.02. The van der Waals surface area contributed by atoms with E-state index in [1.807, 2.05) is 18.2 Å². The van der Waals surface area contributed by atoms with Crippen LogP contribution >= 0.6 is 27.7 Å². The number of aliphatic hydroxyl groups is 1. The van der Waals surface area contributed by atoms with Crippen LogP contribution in [0.5, 0.6) is 0 Å². The van der Waals surface area contributed by atoms with Crippen molar-refractivity contribution in [2.75, 3.05) is 12.9 Å². The van der Waals surface area contributed by atoms with Crippen molar-refractivity contribution >= 4 is 33.7 Å². The normalized spacial score (nSPS) is 12.2. The fourth-order valence-corrected chi connectivity index (χ4v) is 2.75. The number of esters is 1. The average molecular weight is 319 g/mol. The lowest BCUT2D eigenvalue weighted by Crippen LogP contribution is -2.01. The van der Waals surface area contributed by atoms with E-state index in [0.29, 0.717) is 12.2 Å². The van der Waals surface area contributed by atoms with E-state index in [0.717, 1.165) is 14.9 Å². The molecular formula is C12H15BrO3S. The fraction of sp³-hybridized carbons (Fsp3) is 0.417. The minimum atomic E-state index is -0.520. The van der Waals surface area contributed by atoms with E-state index < -0.39 is 6.10 Å². The predicted molar refractivity (Wildman–Crippen MR) is 72.1 cm³/mol. The van der Waals surface area contributed by atoms with Crippen LogP contribution in [0.3, 0.4) is 0 Å². The molecule has 1 N–H and O–H groups in total. The van der Waals surface area contributed by atoms with Crippen LogP contribution < -0.4 is 0 Å². The van der Waals surface area contributed by atoms with E-state index in [1.165, 1.54) is 7.11 Å². The second-order valence-corrected chi connectivity index (χ2v) is 5.59. The van der Waals surface area contributed by atoms with Crippen molar-refractivity contribution in [3.63, 3.8) is 0 Å². The van der Waals surface area contributed by atoms with Crippen molar-refractivity contribution in [1.29, 1.82) is 0 Å². The second kappa shape index (κ2) is 7.03. The number of aliphatic hydroxyl groups excluding tert-OH is 1. The molecule has 0 aromatic heterocycles. The molecule has 0 saturated carbocycles. The van der Waals surface area contributed by atoms with Crippen molar-refractivity contribution in [3.8, 4) is 0 Å². The zero-order valence-electron chi connectivity index (χ0n) is 9.77. The van der Waals surface area contributed by atoms with E-state index in [-0.39, 0.29) is 5.97 Å². The summed E-state index contributed by atoms with van der Waals surface area (Å²) in [6, 6.07) is 5.76. The standard InChI is InChI=1S/C12H15BrO3S/c1-8(14)10-7-9(13)3-4-11(10)17-6-5-12(15)16-2/h3-4,7-8,14H,5-6H2,1-2H3. The largest absolute Gasteiger partial charge is 0.469 e. The molecule has 0 spiro atoms. The highest BCUT2D eigenvalue weighted by atomic mass is 79.9. The van der Waals surface area contributed by atoms with Gasteiger partial charge in [0.25, 0.3) is 0 Å². The quantitative estimate of drug-likeness (QED) is 0.669. The second-order valence-electron chi connectivity index (χ2n) is 3.53. The molecule has 5 heteroatoms. The van der Waals surface area contributed by atoms with Crippen molar-refractivity contribution in [3.05, 3.63) is 28.2 Å². The first kappa shape index (κ1) is 14.5. The number of carbonyl (C=O) groups excluding carboxylic acids is 1. The van der Waals surface area contributed by atoms with Gasteiger partial charge in [-0.15, -0.1) is 11.8 Å². The molecule has 0 bridgehead atoms. The summed E-state index contributed by atoms with van der Waals surface area (Å²) in [6.07, 6.45) is -0.149. The molecule has 3 nitrogen and oxygen atoms in total. The molecule has 0 saturated heterocycles. The van der Waals surface area contributed by atoms with Crippen LogP contribution in [-0.4, -0.2) is 23.9 Å². The van der Waals surface area contributed by atoms with Crippen molar-refractivity contribution in [2.24, 2.45) is 0 Å². The first-order valence-electron chi connectivity index (χ1n) is 5.21. The Balaban J connectivity index is 2.67. The molecule has 0 amide bonds. The summed E-state index contributed by atoms with van der Waals surface area (Å²) in [5, 5.41) is 9.66. The van der Waals surface area contributed by atoms with Gasteiger partial charge in [-0.1, -0.05) is 15.9 Å². The Labute approximate surface area is 114 Å². The number of halogens is 1. The zero-order valence-corrected chi connectivity index (χ0v) is 12.2. The maximum Gasteiger partial charge on any atom is 0.306 e. The smallest absolute Gasteiger partial charge is 0.306 e. The fourth-order valence-electron chi connectivity index (χ4n) is 1.32. The number of hydrogen-bond acceptors (Lipinski definition) is 4. The first-order chi connectivity index (χ1) is 8.04. The Hall–Kier alpha value is -0.520. The molecule has 1 atom stereocenters. The van der Waals surface area contributed by atoms with Gasteiger partial charge in [-0.3, -0.25) is 4.79 Å². The SMILES string of the molecule is COC(=O)CCSc1ccc(Br)cc1C(C)O. The van der Waals surface area contributed by atoms with Gasteiger partial charge in [-0.2, -0.15) is 0 Å². The van der Waals surface area contributed by atoms with Gasteiger partial charge in [0, 0.05) is 15.1 Å². The summed E-state index contributed by atoms with van der Waals surface area (Å²) in [5.74, 6) is 0.432.